The summed E-state index contributed by atoms with van der Waals surface area (Å²) in [6.07, 6.45) is 2.51. The van der Waals surface area contributed by atoms with E-state index in [2.05, 4.69) is 5.32 Å². The van der Waals surface area contributed by atoms with Crippen molar-refractivity contribution >= 4 is 58.2 Å². The first-order valence-corrected chi connectivity index (χ1v) is 9.71. The molecule has 0 spiro atoms. The normalized spacial score (nSPS) is 17.2. The highest BCUT2D eigenvalue weighted by atomic mass is 35.5. The number of rotatable bonds is 6. The number of aryl methyl sites for hydroxylation is 1. The predicted octanol–water partition coefficient (Wildman–Crippen LogP) is 3.84. The molecule has 4 nitrogen and oxygen atoms in total. The third-order valence-electron chi connectivity index (χ3n) is 3.71. The molecule has 122 valence electrons. The Morgan fingerprint density at radius 1 is 1.32 bits per heavy atom. The predicted molar refractivity (Wildman–Crippen MR) is 92.3 cm³/mol. The molecule has 0 saturated carbocycles. The Hall–Kier alpha value is -0.430. The van der Waals surface area contributed by atoms with E-state index in [1.165, 1.54) is 11.3 Å². The maximum absolute atomic E-state index is 12.1. The van der Waals surface area contributed by atoms with Crippen LogP contribution in [-0.2, 0) is 16.0 Å². The number of hydrogen-bond donors (Lipinski definition) is 2. The van der Waals surface area contributed by atoms with Gasteiger partial charge in [0.25, 0.3) is 0 Å². The average Bonchev–Trinajstić information content (AvgIpc) is 2.78. The van der Waals surface area contributed by atoms with E-state index in [-0.39, 0.29) is 12.3 Å². The Balaban J connectivity index is 1.84. The van der Waals surface area contributed by atoms with Gasteiger partial charge in [-0.15, -0.1) is 11.3 Å². The Bertz CT molecular complexity index is 556. The molecule has 0 aliphatic carbocycles. The molecular weight excluding hydrogens is 365 g/mol. The topological polar surface area (TPSA) is 66.4 Å². The highest BCUT2D eigenvalue weighted by Gasteiger charge is 2.41. The van der Waals surface area contributed by atoms with Gasteiger partial charge in [-0.1, -0.05) is 23.2 Å². The number of amides is 1. The second kappa shape index (κ2) is 7.90. The van der Waals surface area contributed by atoms with Crippen LogP contribution in [0.25, 0.3) is 0 Å². The number of halogens is 2. The van der Waals surface area contributed by atoms with Gasteiger partial charge in [-0.2, -0.15) is 11.8 Å². The van der Waals surface area contributed by atoms with Crippen LogP contribution in [0.4, 0.5) is 0 Å². The van der Waals surface area contributed by atoms with E-state index < -0.39 is 11.5 Å². The fourth-order valence-corrected chi connectivity index (χ4v) is 5.16. The summed E-state index contributed by atoms with van der Waals surface area (Å²) in [5, 5.41) is 12.2. The molecule has 1 fully saturated rings. The Morgan fingerprint density at radius 2 is 2.00 bits per heavy atom. The van der Waals surface area contributed by atoms with Crippen molar-refractivity contribution in [3.05, 3.63) is 20.3 Å². The second-order valence-corrected chi connectivity index (χ2v) is 8.76. The summed E-state index contributed by atoms with van der Waals surface area (Å²) in [5.74, 6) is 0.367. The van der Waals surface area contributed by atoms with E-state index in [0.29, 0.717) is 34.4 Å². The van der Waals surface area contributed by atoms with Crippen molar-refractivity contribution < 1.29 is 14.7 Å². The smallest absolute Gasteiger partial charge is 0.329 e. The molecule has 2 heterocycles. The van der Waals surface area contributed by atoms with Crippen LogP contribution in [0.2, 0.25) is 8.67 Å². The summed E-state index contributed by atoms with van der Waals surface area (Å²) in [4.78, 5) is 23.6. The van der Waals surface area contributed by atoms with Crippen molar-refractivity contribution in [1.82, 2.24) is 5.32 Å². The minimum atomic E-state index is -1.09. The molecule has 1 aromatic heterocycles. The number of carbonyl (C=O) groups excluding carboxylic acids is 1. The van der Waals surface area contributed by atoms with Crippen LogP contribution in [0.1, 0.15) is 31.2 Å². The van der Waals surface area contributed by atoms with Crippen LogP contribution in [-0.4, -0.2) is 34.0 Å². The molecule has 2 rings (SSSR count). The lowest BCUT2D eigenvalue weighted by Gasteiger charge is -2.33. The molecule has 0 atom stereocenters. The molecule has 1 saturated heterocycles. The molecule has 1 amide bonds. The highest BCUT2D eigenvalue weighted by molar-refractivity contribution is 7.99. The van der Waals surface area contributed by atoms with Gasteiger partial charge in [-0.3, -0.25) is 4.79 Å². The third kappa shape index (κ3) is 4.54. The number of aliphatic carboxylic acids is 1. The molecule has 8 heteroatoms. The standard InChI is InChI=1S/C14H17Cl2NO3S2/c15-10-8-9(12(16)22-10)2-1-3-11(18)17-14(13(19)20)4-6-21-7-5-14/h8H,1-7H2,(H,17,18)(H,19,20). The molecule has 0 bridgehead atoms. The van der Waals surface area contributed by atoms with Crippen LogP contribution in [0.5, 0.6) is 0 Å². The molecule has 0 unspecified atom stereocenters. The van der Waals surface area contributed by atoms with Gasteiger partial charge in [0.15, 0.2) is 0 Å². The second-order valence-electron chi connectivity index (χ2n) is 5.25. The van der Waals surface area contributed by atoms with E-state index in [0.717, 1.165) is 17.1 Å². The summed E-state index contributed by atoms with van der Waals surface area (Å²) in [6.45, 7) is 0. The number of hydrogen-bond acceptors (Lipinski definition) is 4. The van der Waals surface area contributed by atoms with Crippen LogP contribution >= 0.6 is 46.3 Å². The maximum atomic E-state index is 12.1. The lowest BCUT2D eigenvalue weighted by Crippen LogP contribution is -2.56. The van der Waals surface area contributed by atoms with E-state index in [1.807, 2.05) is 6.07 Å². The van der Waals surface area contributed by atoms with Gasteiger partial charge < -0.3 is 10.4 Å². The summed E-state index contributed by atoms with van der Waals surface area (Å²) >= 11 is 14.9. The van der Waals surface area contributed by atoms with Gasteiger partial charge in [-0.05, 0) is 48.8 Å². The van der Waals surface area contributed by atoms with Crippen molar-refractivity contribution in [3.8, 4) is 0 Å². The van der Waals surface area contributed by atoms with E-state index in [1.54, 1.807) is 11.8 Å². The van der Waals surface area contributed by atoms with E-state index in [9.17, 15) is 14.7 Å². The van der Waals surface area contributed by atoms with Gasteiger partial charge in [0.2, 0.25) is 5.91 Å². The zero-order chi connectivity index (χ0) is 16.2. The molecule has 0 aromatic carbocycles. The lowest BCUT2D eigenvalue weighted by molar-refractivity contribution is -0.148. The van der Waals surface area contributed by atoms with Crippen LogP contribution in [0.15, 0.2) is 6.07 Å². The summed E-state index contributed by atoms with van der Waals surface area (Å²) in [5.41, 5.74) is -0.155. The van der Waals surface area contributed by atoms with Crippen molar-refractivity contribution in [2.75, 3.05) is 11.5 Å². The van der Waals surface area contributed by atoms with Crippen molar-refractivity contribution in [2.24, 2.45) is 0 Å². The van der Waals surface area contributed by atoms with Gasteiger partial charge in [0, 0.05) is 6.42 Å². The van der Waals surface area contributed by atoms with Crippen LogP contribution < -0.4 is 5.32 Å². The summed E-state index contributed by atoms with van der Waals surface area (Å²) < 4.78 is 1.28. The van der Waals surface area contributed by atoms with E-state index in [4.69, 9.17) is 23.2 Å². The quantitative estimate of drug-likeness (QED) is 0.785. The largest absolute Gasteiger partial charge is 0.480 e. The van der Waals surface area contributed by atoms with Crippen LogP contribution in [0, 0.1) is 0 Å². The lowest BCUT2D eigenvalue weighted by atomic mass is 9.92. The van der Waals surface area contributed by atoms with E-state index >= 15 is 0 Å². The first-order chi connectivity index (χ1) is 10.4. The third-order valence-corrected chi connectivity index (χ3v) is 6.27. The number of thiophene rings is 1. The van der Waals surface area contributed by atoms with Crippen molar-refractivity contribution in [2.45, 2.75) is 37.6 Å². The highest BCUT2D eigenvalue weighted by Crippen LogP contribution is 2.32. The number of carboxylic acid groups (broad SMARTS) is 1. The molecule has 0 radical (unpaired) electrons. The Labute approximate surface area is 147 Å². The molecular formula is C14H17Cl2NO3S2. The fourth-order valence-electron chi connectivity index (χ4n) is 2.43. The van der Waals surface area contributed by atoms with Crippen molar-refractivity contribution in [3.63, 3.8) is 0 Å². The van der Waals surface area contributed by atoms with Gasteiger partial charge in [0.1, 0.15) is 5.54 Å². The van der Waals surface area contributed by atoms with Crippen molar-refractivity contribution in [1.29, 1.82) is 0 Å². The minimum Gasteiger partial charge on any atom is -0.480 e. The zero-order valence-electron chi connectivity index (χ0n) is 11.9. The monoisotopic (exact) mass is 381 g/mol. The number of carbonyl (C=O) groups is 2. The summed E-state index contributed by atoms with van der Waals surface area (Å²) in [6, 6.07) is 1.81. The number of nitrogens with one attached hydrogen (secondary N) is 1. The maximum Gasteiger partial charge on any atom is 0.329 e. The molecule has 1 aliphatic heterocycles. The minimum absolute atomic E-state index is 0.216. The van der Waals surface area contributed by atoms with Gasteiger partial charge in [-0.25, -0.2) is 4.79 Å². The molecule has 2 N–H and O–H groups in total. The van der Waals surface area contributed by atoms with Gasteiger partial charge in [0.05, 0.1) is 8.67 Å². The number of thioether (sulfide) groups is 1. The van der Waals surface area contributed by atoms with Crippen LogP contribution in [0.3, 0.4) is 0 Å². The Kier molecular flexibility index (Phi) is 6.44. The molecule has 22 heavy (non-hydrogen) atoms. The SMILES string of the molecule is O=C(CCCc1cc(Cl)sc1Cl)NC1(C(=O)O)CCSCC1. The zero-order valence-corrected chi connectivity index (χ0v) is 15.0. The Morgan fingerprint density at radius 3 is 2.55 bits per heavy atom. The fraction of sp³-hybridized carbons (Fsp3) is 0.571. The molecule has 1 aliphatic rings. The summed E-state index contributed by atoms with van der Waals surface area (Å²) in [7, 11) is 0. The average molecular weight is 382 g/mol. The first kappa shape index (κ1) is 17.9. The van der Waals surface area contributed by atoms with Gasteiger partial charge >= 0.3 is 5.97 Å². The molecule has 1 aromatic rings. The first-order valence-electron chi connectivity index (χ1n) is 6.99. The number of carboxylic acids is 1.